The van der Waals surface area contributed by atoms with Gasteiger partial charge in [0.1, 0.15) is 6.23 Å². The first kappa shape index (κ1) is 11.2. The van der Waals surface area contributed by atoms with E-state index in [-0.39, 0.29) is 6.42 Å². The molecule has 0 fully saturated rings. The molecule has 0 bridgehead atoms. The summed E-state index contributed by atoms with van der Waals surface area (Å²) < 4.78 is 23.6. The van der Waals surface area contributed by atoms with E-state index in [1.54, 1.807) is 24.3 Å². The van der Waals surface area contributed by atoms with E-state index in [0.29, 0.717) is 0 Å². The van der Waals surface area contributed by atoms with Crippen molar-refractivity contribution in [2.75, 3.05) is 6.26 Å². The minimum Gasteiger partial charge on any atom is -0.377 e. The molecule has 1 unspecified atom stereocenters. The zero-order chi connectivity index (χ0) is 10.6. The zero-order valence-corrected chi connectivity index (χ0v) is 8.58. The monoisotopic (exact) mass is 214 g/mol. The zero-order valence-electron chi connectivity index (χ0n) is 7.77. The Kier molecular flexibility index (Phi) is 3.62. The van der Waals surface area contributed by atoms with Crippen molar-refractivity contribution >= 4 is 10.0 Å². The van der Waals surface area contributed by atoms with Gasteiger partial charge in [0.25, 0.3) is 0 Å². The number of nitrogens with one attached hydrogen (secondary N) is 1. The molecule has 0 aromatic heterocycles. The summed E-state index contributed by atoms with van der Waals surface area (Å²) in [4.78, 5) is 0. The first-order valence-electron chi connectivity index (χ1n) is 4.08. The standard InChI is InChI=1S/C9H12NO3S/c1-14(12,13)10-9(11)7-8-5-3-2-4-6-8/h3-6,9-11H,7H2,1H3. The molecule has 0 saturated carbocycles. The van der Waals surface area contributed by atoms with Crippen molar-refractivity contribution < 1.29 is 13.5 Å². The molecule has 1 radical (unpaired) electrons. The quantitative estimate of drug-likeness (QED) is 0.688. The molecule has 0 amide bonds. The van der Waals surface area contributed by atoms with E-state index in [1.807, 2.05) is 0 Å². The van der Waals surface area contributed by atoms with Gasteiger partial charge in [0.2, 0.25) is 10.0 Å². The van der Waals surface area contributed by atoms with E-state index >= 15 is 0 Å². The highest BCUT2D eigenvalue weighted by Gasteiger charge is 2.10. The van der Waals surface area contributed by atoms with Gasteiger partial charge in [0.15, 0.2) is 0 Å². The minimum atomic E-state index is -3.35. The summed E-state index contributed by atoms with van der Waals surface area (Å²) in [5.41, 5.74) is 0.854. The fraction of sp³-hybridized carbons (Fsp3) is 0.333. The summed E-state index contributed by atoms with van der Waals surface area (Å²) in [6.07, 6.45) is 0.184. The largest absolute Gasteiger partial charge is 0.377 e. The molecule has 5 heteroatoms. The Morgan fingerprint density at radius 3 is 2.57 bits per heavy atom. The van der Waals surface area contributed by atoms with Crippen LogP contribution in [0.3, 0.4) is 0 Å². The summed E-state index contributed by atoms with van der Waals surface area (Å²) >= 11 is 0. The summed E-state index contributed by atoms with van der Waals surface area (Å²) in [5.74, 6) is 0. The van der Waals surface area contributed by atoms with E-state index in [0.717, 1.165) is 11.8 Å². The highest BCUT2D eigenvalue weighted by Crippen LogP contribution is 2.01. The van der Waals surface area contributed by atoms with E-state index in [9.17, 15) is 13.5 Å². The molecule has 1 aromatic rings. The van der Waals surface area contributed by atoms with Crippen LogP contribution in [0.2, 0.25) is 0 Å². The van der Waals surface area contributed by atoms with Crippen LogP contribution in [0.5, 0.6) is 0 Å². The molecular formula is C9H12NO3S. The molecule has 4 nitrogen and oxygen atoms in total. The van der Waals surface area contributed by atoms with Gasteiger partial charge >= 0.3 is 0 Å². The van der Waals surface area contributed by atoms with Crippen LogP contribution in [0, 0.1) is 6.07 Å². The number of rotatable bonds is 4. The van der Waals surface area contributed by atoms with E-state index in [2.05, 4.69) is 10.8 Å². The molecule has 0 heterocycles. The number of hydrogen-bond acceptors (Lipinski definition) is 3. The fourth-order valence-corrected chi connectivity index (χ4v) is 1.65. The molecule has 1 atom stereocenters. The minimum absolute atomic E-state index is 0.252. The highest BCUT2D eigenvalue weighted by molar-refractivity contribution is 7.88. The lowest BCUT2D eigenvalue weighted by atomic mass is 10.1. The van der Waals surface area contributed by atoms with Gasteiger partial charge in [-0.05, 0) is 11.6 Å². The van der Waals surface area contributed by atoms with Gasteiger partial charge in [-0.3, -0.25) is 0 Å². The smallest absolute Gasteiger partial charge is 0.210 e. The Hall–Kier alpha value is -0.910. The molecular weight excluding hydrogens is 202 g/mol. The third kappa shape index (κ3) is 4.36. The molecule has 0 aliphatic carbocycles. The molecule has 0 aliphatic rings. The predicted molar refractivity (Wildman–Crippen MR) is 53.0 cm³/mol. The normalized spacial score (nSPS) is 13.9. The molecule has 1 rings (SSSR count). The van der Waals surface area contributed by atoms with Crippen LogP contribution < -0.4 is 4.72 Å². The van der Waals surface area contributed by atoms with Crippen LogP contribution in [0.25, 0.3) is 0 Å². The van der Waals surface area contributed by atoms with E-state index < -0.39 is 16.3 Å². The summed E-state index contributed by atoms with van der Waals surface area (Å²) in [6.45, 7) is 0. The summed E-state index contributed by atoms with van der Waals surface area (Å²) in [6, 6.07) is 9.80. The highest BCUT2D eigenvalue weighted by atomic mass is 32.2. The number of aliphatic hydroxyl groups is 1. The van der Waals surface area contributed by atoms with Crippen LogP contribution in [0.4, 0.5) is 0 Å². The third-order valence-corrected chi connectivity index (χ3v) is 2.27. The molecule has 0 saturated heterocycles. The van der Waals surface area contributed by atoms with Gasteiger partial charge in [-0.25, -0.2) is 8.42 Å². The SMILES string of the molecule is CS(=O)(=O)NC(O)Cc1cc[c]cc1. The van der Waals surface area contributed by atoms with Crippen molar-refractivity contribution in [1.82, 2.24) is 4.72 Å². The summed E-state index contributed by atoms with van der Waals surface area (Å²) in [7, 11) is -3.35. The van der Waals surface area contributed by atoms with Crippen molar-refractivity contribution in [2.24, 2.45) is 0 Å². The molecule has 0 spiro atoms. The van der Waals surface area contributed by atoms with Gasteiger partial charge in [0, 0.05) is 6.42 Å². The lowest BCUT2D eigenvalue weighted by Crippen LogP contribution is -2.35. The van der Waals surface area contributed by atoms with E-state index in [1.165, 1.54) is 0 Å². The second kappa shape index (κ2) is 4.54. The fourth-order valence-electron chi connectivity index (χ4n) is 1.07. The predicted octanol–water partition coefficient (Wildman–Crippen LogP) is -0.103. The summed E-state index contributed by atoms with van der Waals surface area (Å²) in [5, 5.41) is 9.34. The van der Waals surface area contributed by atoms with Crippen molar-refractivity contribution in [1.29, 1.82) is 0 Å². The van der Waals surface area contributed by atoms with Crippen molar-refractivity contribution in [3.63, 3.8) is 0 Å². The first-order valence-corrected chi connectivity index (χ1v) is 5.97. The second-order valence-electron chi connectivity index (χ2n) is 3.02. The average Bonchev–Trinajstić information content (AvgIpc) is 2.02. The lowest BCUT2D eigenvalue weighted by Gasteiger charge is -2.10. The Balaban J connectivity index is 2.54. The van der Waals surface area contributed by atoms with Crippen molar-refractivity contribution in [3.05, 3.63) is 35.9 Å². The molecule has 1 aromatic carbocycles. The maximum Gasteiger partial charge on any atom is 0.210 e. The van der Waals surface area contributed by atoms with Gasteiger partial charge in [0.05, 0.1) is 6.26 Å². The average molecular weight is 214 g/mol. The molecule has 0 aliphatic heterocycles. The molecule has 14 heavy (non-hydrogen) atoms. The first-order chi connectivity index (χ1) is 6.47. The molecule has 2 N–H and O–H groups in total. The number of hydrogen-bond donors (Lipinski definition) is 2. The molecule has 77 valence electrons. The van der Waals surface area contributed by atoms with Crippen LogP contribution >= 0.6 is 0 Å². The van der Waals surface area contributed by atoms with Gasteiger partial charge in [-0.15, -0.1) is 0 Å². The number of benzene rings is 1. The maximum atomic E-state index is 10.8. The second-order valence-corrected chi connectivity index (χ2v) is 4.80. The third-order valence-electron chi connectivity index (χ3n) is 1.57. The van der Waals surface area contributed by atoms with Gasteiger partial charge in [-0.1, -0.05) is 24.3 Å². The van der Waals surface area contributed by atoms with Crippen LogP contribution in [-0.2, 0) is 16.4 Å². The van der Waals surface area contributed by atoms with Gasteiger partial charge < -0.3 is 5.11 Å². The Labute approximate surface area is 83.6 Å². The Bertz CT molecular complexity index is 374. The maximum absolute atomic E-state index is 10.8. The van der Waals surface area contributed by atoms with Crippen molar-refractivity contribution in [2.45, 2.75) is 12.6 Å². The topological polar surface area (TPSA) is 66.4 Å². The van der Waals surface area contributed by atoms with Gasteiger partial charge in [-0.2, -0.15) is 4.72 Å². The van der Waals surface area contributed by atoms with Crippen LogP contribution in [-0.4, -0.2) is 26.0 Å². The number of sulfonamides is 1. The van der Waals surface area contributed by atoms with E-state index in [4.69, 9.17) is 0 Å². The Morgan fingerprint density at radius 1 is 1.50 bits per heavy atom. The number of aliphatic hydroxyl groups excluding tert-OH is 1. The van der Waals surface area contributed by atoms with Crippen LogP contribution in [0.15, 0.2) is 24.3 Å². The Morgan fingerprint density at radius 2 is 2.07 bits per heavy atom. The van der Waals surface area contributed by atoms with Crippen molar-refractivity contribution in [3.8, 4) is 0 Å². The lowest BCUT2D eigenvalue weighted by molar-refractivity contribution is 0.164. The van der Waals surface area contributed by atoms with Crippen LogP contribution in [0.1, 0.15) is 5.56 Å².